The first kappa shape index (κ1) is 12.4. The number of anilines is 1. The molecule has 1 aliphatic heterocycles. The zero-order chi connectivity index (χ0) is 12.1. The SMILES string of the molecule is Cc1cccc(NC(C)CN2CCCCC2)n1. The number of aromatic nitrogens is 1. The molecule has 0 radical (unpaired) electrons. The fourth-order valence-electron chi connectivity index (χ4n) is 2.45. The molecule has 1 saturated heterocycles. The quantitative estimate of drug-likeness (QED) is 0.866. The van der Waals surface area contributed by atoms with Gasteiger partial charge in [0.05, 0.1) is 0 Å². The molecule has 0 saturated carbocycles. The lowest BCUT2D eigenvalue weighted by Gasteiger charge is -2.29. The number of nitrogens with one attached hydrogen (secondary N) is 1. The molecule has 1 N–H and O–H groups in total. The van der Waals surface area contributed by atoms with Crippen LogP contribution in [0.3, 0.4) is 0 Å². The first-order chi connectivity index (χ1) is 8.24. The minimum Gasteiger partial charge on any atom is -0.366 e. The monoisotopic (exact) mass is 233 g/mol. The van der Waals surface area contributed by atoms with Crippen LogP contribution in [0.4, 0.5) is 5.82 Å². The second-order valence-corrected chi connectivity index (χ2v) is 5.07. The Morgan fingerprint density at radius 2 is 2.06 bits per heavy atom. The molecule has 94 valence electrons. The molecule has 3 heteroatoms. The van der Waals surface area contributed by atoms with E-state index >= 15 is 0 Å². The number of piperidine rings is 1. The summed E-state index contributed by atoms with van der Waals surface area (Å²) in [5, 5.41) is 3.48. The van der Waals surface area contributed by atoms with Crippen molar-refractivity contribution in [2.45, 2.75) is 39.2 Å². The number of hydrogen-bond acceptors (Lipinski definition) is 3. The molecule has 0 spiro atoms. The first-order valence-corrected chi connectivity index (χ1v) is 6.66. The van der Waals surface area contributed by atoms with E-state index in [9.17, 15) is 0 Å². The fraction of sp³-hybridized carbons (Fsp3) is 0.643. The lowest BCUT2D eigenvalue weighted by atomic mass is 10.1. The average Bonchev–Trinajstić information content (AvgIpc) is 2.30. The van der Waals surface area contributed by atoms with Gasteiger partial charge in [-0.1, -0.05) is 12.5 Å². The molecule has 2 rings (SSSR count). The largest absolute Gasteiger partial charge is 0.366 e. The van der Waals surface area contributed by atoms with Crippen LogP contribution in [0.2, 0.25) is 0 Å². The van der Waals surface area contributed by atoms with E-state index in [0.29, 0.717) is 6.04 Å². The summed E-state index contributed by atoms with van der Waals surface area (Å²) in [5.74, 6) is 0.995. The fourth-order valence-corrected chi connectivity index (χ4v) is 2.45. The summed E-state index contributed by atoms with van der Waals surface area (Å²) in [6, 6.07) is 6.58. The van der Waals surface area contributed by atoms with Crippen molar-refractivity contribution < 1.29 is 0 Å². The summed E-state index contributed by atoms with van der Waals surface area (Å²) in [7, 11) is 0. The zero-order valence-electron chi connectivity index (χ0n) is 10.9. The zero-order valence-corrected chi connectivity index (χ0v) is 10.9. The second kappa shape index (κ2) is 6.01. The summed E-state index contributed by atoms with van der Waals surface area (Å²) in [6.45, 7) is 7.90. The highest BCUT2D eigenvalue weighted by molar-refractivity contribution is 5.36. The van der Waals surface area contributed by atoms with Gasteiger partial charge in [0, 0.05) is 18.3 Å². The third-order valence-electron chi connectivity index (χ3n) is 3.26. The van der Waals surface area contributed by atoms with Gasteiger partial charge >= 0.3 is 0 Å². The van der Waals surface area contributed by atoms with Gasteiger partial charge in [-0.25, -0.2) is 4.98 Å². The van der Waals surface area contributed by atoms with E-state index in [1.807, 2.05) is 19.1 Å². The molecule has 0 amide bonds. The number of likely N-dealkylation sites (tertiary alicyclic amines) is 1. The summed E-state index contributed by atoms with van der Waals surface area (Å²) >= 11 is 0. The van der Waals surface area contributed by atoms with Crippen LogP contribution in [0.5, 0.6) is 0 Å². The van der Waals surface area contributed by atoms with Crippen molar-refractivity contribution in [3.05, 3.63) is 23.9 Å². The molecule has 17 heavy (non-hydrogen) atoms. The Labute approximate surface area is 104 Å². The van der Waals surface area contributed by atoms with E-state index in [0.717, 1.165) is 18.1 Å². The van der Waals surface area contributed by atoms with Crippen molar-refractivity contribution in [3.63, 3.8) is 0 Å². The second-order valence-electron chi connectivity index (χ2n) is 5.07. The lowest BCUT2D eigenvalue weighted by molar-refractivity contribution is 0.223. The molecular weight excluding hydrogens is 210 g/mol. The molecule has 0 bridgehead atoms. The Morgan fingerprint density at radius 1 is 1.29 bits per heavy atom. The van der Waals surface area contributed by atoms with Crippen LogP contribution >= 0.6 is 0 Å². The Balaban J connectivity index is 1.82. The lowest BCUT2D eigenvalue weighted by Crippen LogP contribution is -2.38. The van der Waals surface area contributed by atoms with Crippen molar-refractivity contribution in [1.82, 2.24) is 9.88 Å². The van der Waals surface area contributed by atoms with E-state index in [1.165, 1.54) is 32.4 Å². The minimum atomic E-state index is 0.461. The topological polar surface area (TPSA) is 28.2 Å². The average molecular weight is 233 g/mol. The van der Waals surface area contributed by atoms with E-state index in [1.54, 1.807) is 0 Å². The smallest absolute Gasteiger partial charge is 0.126 e. The van der Waals surface area contributed by atoms with Crippen molar-refractivity contribution >= 4 is 5.82 Å². The van der Waals surface area contributed by atoms with Crippen LogP contribution < -0.4 is 5.32 Å². The first-order valence-electron chi connectivity index (χ1n) is 6.66. The number of pyridine rings is 1. The number of nitrogens with zero attached hydrogens (tertiary/aromatic N) is 2. The van der Waals surface area contributed by atoms with Gasteiger partial charge < -0.3 is 10.2 Å². The molecule has 2 heterocycles. The van der Waals surface area contributed by atoms with Gasteiger partial charge in [-0.2, -0.15) is 0 Å². The van der Waals surface area contributed by atoms with Crippen LogP contribution in [-0.2, 0) is 0 Å². The summed E-state index contributed by atoms with van der Waals surface area (Å²) in [6.07, 6.45) is 4.11. The van der Waals surface area contributed by atoms with E-state index in [2.05, 4.69) is 28.2 Å². The standard InChI is InChI=1S/C14H23N3/c1-12-7-6-8-14(15-12)16-13(2)11-17-9-4-3-5-10-17/h6-8,13H,3-5,9-11H2,1-2H3,(H,15,16). The maximum atomic E-state index is 4.48. The van der Waals surface area contributed by atoms with E-state index < -0.39 is 0 Å². The molecule has 3 nitrogen and oxygen atoms in total. The van der Waals surface area contributed by atoms with Crippen molar-refractivity contribution in [3.8, 4) is 0 Å². The van der Waals surface area contributed by atoms with E-state index in [4.69, 9.17) is 0 Å². The Hall–Kier alpha value is -1.09. The van der Waals surface area contributed by atoms with Crippen molar-refractivity contribution in [2.24, 2.45) is 0 Å². The third kappa shape index (κ3) is 4.00. The summed E-state index contributed by atoms with van der Waals surface area (Å²) < 4.78 is 0. The molecular formula is C14H23N3. The Kier molecular flexibility index (Phi) is 4.37. The maximum absolute atomic E-state index is 4.48. The van der Waals surface area contributed by atoms with Crippen molar-refractivity contribution in [2.75, 3.05) is 25.0 Å². The molecule has 0 aliphatic carbocycles. The predicted octanol–water partition coefficient (Wildman–Crippen LogP) is 2.68. The molecule has 1 aliphatic rings. The van der Waals surface area contributed by atoms with Crippen LogP contribution in [-0.4, -0.2) is 35.6 Å². The highest BCUT2D eigenvalue weighted by Gasteiger charge is 2.13. The summed E-state index contributed by atoms with van der Waals surface area (Å²) in [5.41, 5.74) is 1.07. The molecule has 1 aromatic heterocycles. The van der Waals surface area contributed by atoms with Gasteiger partial charge in [0.15, 0.2) is 0 Å². The molecule has 1 unspecified atom stereocenters. The highest BCUT2D eigenvalue weighted by atomic mass is 15.2. The number of rotatable bonds is 4. The van der Waals surface area contributed by atoms with Gasteiger partial charge in [0.2, 0.25) is 0 Å². The highest BCUT2D eigenvalue weighted by Crippen LogP contribution is 2.11. The third-order valence-corrected chi connectivity index (χ3v) is 3.26. The molecule has 1 atom stereocenters. The van der Waals surface area contributed by atoms with Crippen molar-refractivity contribution in [1.29, 1.82) is 0 Å². The predicted molar refractivity (Wildman–Crippen MR) is 72.3 cm³/mol. The van der Waals surface area contributed by atoms with Gasteiger partial charge in [-0.15, -0.1) is 0 Å². The molecule has 1 fully saturated rings. The Bertz CT molecular complexity index is 345. The molecule has 0 aromatic carbocycles. The normalized spacial score (nSPS) is 18.9. The number of hydrogen-bond donors (Lipinski definition) is 1. The maximum Gasteiger partial charge on any atom is 0.126 e. The number of aryl methyl sites for hydroxylation is 1. The van der Waals surface area contributed by atoms with Crippen LogP contribution in [0.25, 0.3) is 0 Å². The van der Waals surface area contributed by atoms with Gasteiger partial charge in [-0.3, -0.25) is 0 Å². The van der Waals surface area contributed by atoms with Gasteiger partial charge in [-0.05, 0) is 51.9 Å². The minimum absolute atomic E-state index is 0.461. The van der Waals surface area contributed by atoms with Crippen LogP contribution in [0.15, 0.2) is 18.2 Å². The van der Waals surface area contributed by atoms with Gasteiger partial charge in [0.25, 0.3) is 0 Å². The summed E-state index contributed by atoms with van der Waals surface area (Å²) in [4.78, 5) is 7.03. The van der Waals surface area contributed by atoms with Crippen LogP contribution in [0.1, 0.15) is 31.9 Å². The Morgan fingerprint density at radius 3 is 2.76 bits per heavy atom. The van der Waals surface area contributed by atoms with Crippen LogP contribution in [0, 0.1) is 6.92 Å². The van der Waals surface area contributed by atoms with E-state index in [-0.39, 0.29) is 0 Å². The van der Waals surface area contributed by atoms with Gasteiger partial charge in [0.1, 0.15) is 5.82 Å². The molecule has 1 aromatic rings.